The lowest BCUT2D eigenvalue weighted by Gasteiger charge is -2.30. The molecule has 2 aromatic carbocycles. The Morgan fingerprint density at radius 3 is 2.64 bits per heavy atom. The number of pyridine rings is 1. The van der Waals surface area contributed by atoms with Gasteiger partial charge in [-0.25, -0.2) is 0 Å². The van der Waals surface area contributed by atoms with E-state index in [2.05, 4.69) is 29.4 Å². The van der Waals surface area contributed by atoms with Crippen molar-refractivity contribution in [3.63, 3.8) is 0 Å². The first-order valence-electron chi connectivity index (χ1n) is 14.1. The third-order valence-corrected chi connectivity index (χ3v) is 7.89. The molecule has 0 spiro atoms. The van der Waals surface area contributed by atoms with E-state index in [-0.39, 0.29) is 42.6 Å². The maximum Gasteiger partial charge on any atom is 0.251 e. The van der Waals surface area contributed by atoms with Gasteiger partial charge in [0.1, 0.15) is 11.7 Å². The number of rotatable bonds is 7. The number of nitrogens with zero attached hydrogens (tertiary/aromatic N) is 3. The predicted octanol–water partition coefficient (Wildman–Crippen LogP) is 5.55. The molecule has 2 aliphatic rings. The number of nitrogens with one attached hydrogen (secondary N) is 1. The number of amides is 1. The van der Waals surface area contributed by atoms with Gasteiger partial charge < -0.3 is 29.8 Å². The van der Waals surface area contributed by atoms with Gasteiger partial charge in [0.25, 0.3) is 5.56 Å². The van der Waals surface area contributed by atoms with Gasteiger partial charge >= 0.3 is 0 Å². The van der Waals surface area contributed by atoms with E-state index in [0.717, 1.165) is 22.3 Å². The molecule has 3 atom stereocenters. The van der Waals surface area contributed by atoms with Gasteiger partial charge in [-0.15, -0.1) is 0 Å². The molecule has 3 N–H and O–H groups in total. The number of aromatic nitrogens is 1. The zero-order valence-electron chi connectivity index (χ0n) is 24.0. The van der Waals surface area contributed by atoms with Crippen molar-refractivity contribution in [1.82, 2.24) is 4.57 Å². The number of azo groups is 1. The van der Waals surface area contributed by atoms with E-state index in [1.54, 1.807) is 37.5 Å². The van der Waals surface area contributed by atoms with E-state index >= 15 is 0 Å². The second kappa shape index (κ2) is 13.2. The number of carbonyl (C=O) groups excluding carboxylic acids is 1. The summed E-state index contributed by atoms with van der Waals surface area (Å²) in [5.74, 6) is -0.105. The predicted molar refractivity (Wildman–Crippen MR) is 162 cm³/mol. The lowest BCUT2D eigenvalue weighted by atomic mass is 9.89. The van der Waals surface area contributed by atoms with Crippen molar-refractivity contribution in [3.8, 4) is 11.1 Å². The van der Waals surface area contributed by atoms with Gasteiger partial charge in [0.2, 0.25) is 5.91 Å². The van der Waals surface area contributed by atoms with E-state index in [1.807, 2.05) is 18.2 Å². The lowest BCUT2D eigenvalue weighted by Crippen LogP contribution is -2.39. The van der Waals surface area contributed by atoms with Crippen LogP contribution in [0.2, 0.25) is 5.02 Å². The van der Waals surface area contributed by atoms with Crippen molar-refractivity contribution >= 4 is 34.6 Å². The number of halogens is 1. The van der Waals surface area contributed by atoms with Gasteiger partial charge in [-0.1, -0.05) is 31.5 Å². The molecule has 0 bridgehead atoms. The van der Waals surface area contributed by atoms with Crippen molar-refractivity contribution in [2.24, 2.45) is 16.1 Å². The number of fused-ring (bicyclic) bond motifs is 3. The molecule has 2 aliphatic heterocycles. The molecule has 1 fully saturated rings. The second-order valence-electron chi connectivity index (χ2n) is 10.9. The third kappa shape index (κ3) is 6.73. The Hall–Kier alpha value is -3.57. The van der Waals surface area contributed by atoms with Crippen molar-refractivity contribution < 1.29 is 19.0 Å². The molecule has 0 saturated carbocycles. The van der Waals surface area contributed by atoms with Crippen LogP contribution in [0.3, 0.4) is 0 Å². The van der Waals surface area contributed by atoms with Crippen molar-refractivity contribution in [2.75, 3.05) is 37.9 Å². The van der Waals surface area contributed by atoms with Gasteiger partial charge in [-0.2, -0.15) is 10.2 Å². The number of nitrogens with two attached hydrogens (primary N) is 1. The van der Waals surface area contributed by atoms with Crippen LogP contribution in [-0.4, -0.2) is 49.6 Å². The highest BCUT2D eigenvalue weighted by molar-refractivity contribution is 6.30. The second-order valence-corrected chi connectivity index (χ2v) is 11.4. The average molecular weight is 594 g/mol. The summed E-state index contributed by atoms with van der Waals surface area (Å²) in [6.45, 7) is 5.78. The minimum absolute atomic E-state index is 0.0222. The van der Waals surface area contributed by atoms with Crippen LogP contribution in [0.4, 0.5) is 17.1 Å². The van der Waals surface area contributed by atoms with Gasteiger partial charge in [0, 0.05) is 42.0 Å². The Bertz CT molecular complexity index is 1530. The summed E-state index contributed by atoms with van der Waals surface area (Å²) in [4.78, 5) is 27.6. The number of nitrogen functional groups attached to an aromatic ring is 1. The fourth-order valence-corrected chi connectivity index (χ4v) is 5.58. The number of ether oxygens (including phenoxy) is 3. The maximum atomic E-state index is 13.8. The molecule has 42 heavy (non-hydrogen) atoms. The van der Waals surface area contributed by atoms with E-state index in [9.17, 15) is 9.59 Å². The van der Waals surface area contributed by atoms with Crippen molar-refractivity contribution in [2.45, 2.75) is 51.5 Å². The van der Waals surface area contributed by atoms with Crippen LogP contribution < -0.4 is 16.6 Å². The zero-order chi connectivity index (χ0) is 29.8. The van der Waals surface area contributed by atoms with Gasteiger partial charge in [-0.3, -0.25) is 9.59 Å². The highest BCUT2D eigenvalue weighted by atomic mass is 35.5. The largest absolute Gasteiger partial charge is 0.397 e. The minimum atomic E-state index is -0.893. The number of hydrogen-bond donors (Lipinski definition) is 2. The quantitative estimate of drug-likeness (QED) is 0.273. The monoisotopic (exact) mass is 593 g/mol. The molecule has 3 unspecified atom stereocenters. The van der Waals surface area contributed by atoms with Crippen LogP contribution >= 0.6 is 11.6 Å². The lowest BCUT2D eigenvalue weighted by molar-refractivity contribution is -0.124. The number of anilines is 2. The Kier molecular flexibility index (Phi) is 9.37. The zero-order valence-corrected chi connectivity index (χ0v) is 24.8. The minimum Gasteiger partial charge on any atom is -0.397 e. The van der Waals surface area contributed by atoms with Gasteiger partial charge in [0.05, 0.1) is 44.3 Å². The van der Waals surface area contributed by atoms with Crippen LogP contribution in [0.25, 0.3) is 11.1 Å². The SMILES string of the molecule is CN=Nc1ccc(NC(=O)C(CC2COCCO2)n2cc3c(cc2=O)-c2cc(Cl)ccc2CC(C(C)C)OC3)cc1N. The molecule has 1 amide bonds. The van der Waals surface area contributed by atoms with Crippen LogP contribution in [-0.2, 0) is 32.0 Å². The highest BCUT2D eigenvalue weighted by Crippen LogP contribution is 2.35. The molecule has 0 aliphatic carbocycles. The van der Waals surface area contributed by atoms with E-state index < -0.39 is 6.04 Å². The van der Waals surface area contributed by atoms with Crippen molar-refractivity contribution in [3.05, 3.63) is 75.2 Å². The number of benzene rings is 2. The van der Waals surface area contributed by atoms with Crippen LogP contribution in [0.5, 0.6) is 0 Å². The first-order valence-corrected chi connectivity index (χ1v) is 14.5. The molecule has 5 rings (SSSR count). The smallest absolute Gasteiger partial charge is 0.251 e. The Morgan fingerprint density at radius 1 is 1.12 bits per heavy atom. The summed E-state index contributed by atoms with van der Waals surface area (Å²) in [7, 11) is 1.55. The van der Waals surface area contributed by atoms with E-state index in [1.165, 1.54) is 4.57 Å². The summed E-state index contributed by atoms with van der Waals surface area (Å²) < 4.78 is 19.3. The summed E-state index contributed by atoms with van der Waals surface area (Å²) in [5.41, 5.74) is 10.6. The van der Waals surface area contributed by atoms with Crippen LogP contribution in [0, 0.1) is 5.92 Å². The highest BCUT2D eigenvalue weighted by Gasteiger charge is 2.30. The van der Waals surface area contributed by atoms with Crippen LogP contribution in [0.15, 0.2) is 63.7 Å². The average Bonchev–Trinajstić information content (AvgIpc) is 2.96. The molecular formula is C31H36ClN5O5. The first kappa shape index (κ1) is 29.9. The topological polar surface area (TPSA) is 130 Å². The Labute approximate surface area is 249 Å². The fraction of sp³-hybridized carbons (Fsp3) is 0.419. The van der Waals surface area contributed by atoms with Gasteiger partial charge in [-0.05, 0) is 59.4 Å². The van der Waals surface area contributed by atoms with Crippen LogP contribution in [0.1, 0.15) is 37.4 Å². The van der Waals surface area contributed by atoms with E-state index in [0.29, 0.717) is 48.3 Å². The summed E-state index contributed by atoms with van der Waals surface area (Å²) in [6, 6.07) is 11.4. The molecule has 10 nitrogen and oxygen atoms in total. The standard InChI is InChI=1S/C31H36ClN5O5/c1-18(2)29-10-19-4-5-21(32)11-24(19)25-14-30(38)37(15-20(25)16-42-29)28(13-23-17-40-8-9-41-23)31(39)35-22-6-7-27(36-34-3)26(33)12-22/h4-7,11-12,14-15,18,23,28-29H,8-10,13,16-17,33H2,1-3H3,(H,35,39). The molecule has 0 radical (unpaired) electrons. The Morgan fingerprint density at radius 2 is 1.93 bits per heavy atom. The summed E-state index contributed by atoms with van der Waals surface area (Å²) >= 11 is 6.41. The molecule has 222 valence electrons. The van der Waals surface area contributed by atoms with Crippen molar-refractivity contribution in [1.29, 1.82) is 0 Å². The summed E-state index contributed by atoms with van der Waals surface area (Å²) in [5, 5.41) is 11.2. The summed E-state index contributed by atoms with van der Waals surface area (Å²) in [6.07, 6.45) is 2.30. The molecular weight excluding hydrogens is 558 g/mol. The molecule has 3 heterocycles. The normalized spacial score (nSPS) is 19.5. The molecule has 3 aromatic rings. The fourth-order valence-electron chi connectivity index (χ4n) is 5.40. The third-order valence-electron chi connectivity index (χ3n) is 7.66. The maximum absolute atomic E-state index is 13.8. The van der Waals surface area contributed by atoms with E-state index in [4.69, 9.17) is 31.5 Å². The Balaban J connectivity index is 1.55. The number of carbonyl (C=O) groups is 1. The first-order chi connectivity index (χ1) is 20.2. The molecule has 11 heteroatoms. The van der Waals surface area contributed by atoms with Gasteiger partial charge in [0.15, 0.2) is 0 Å². The molecule has 1 aromatic heterocycles. The molecule has 1 saturated heterocycles. The number of hydrogen-bond acceptors (Lipinski definition) is 8.